The summed E-state index contributed by atoms with van der Waals surface area (Å²) >= 11 is 0. The van der Waals surface area contributed by atoms with Gasteiger partial charge in [-0.3, -0.25) is 9.59 Å². The van der Waals surface area contributed by atoms with Gasteiger partial charge in [0.25, 0.3) is 0 Å². The van der Waals surface area contributed by atoms with E-state index in [1.165, 1.54) is 12.1 Å². The second-order valence-electron chi connectivity index (χ2n) is 5.01. The summed E-state index contributed by atoms with van der Waals surface area (Å²) < 4.78 is 47.6. The number of rotatable bonds is 9. The molecule has 1 aromatic rings. The predicted molar refractivity (Wildman–Crippen MR) is 78.5 cm³/mol. The second-order valence-corrected chi connectivity index (χ2v) is 5.01. The largest absolute Gasteiger partial charge is 0.494 e. The number of hydrogen-bond donors (Lipinski definition) is 1. The van der Waals surface area contributed by atoms with Crippen LogP contribution < -0.4 is 4.74 Å². The highest BCUT2D eigenvalue weighted by Gasteiger charge is 2.30. The third-order valence-electron chi connectivity index (χ3n) is 3.19. The van der Waals surface area contributed by atoms with Crippen LogP contribution in [0.4, 0.5) is 13.2 Å². The van der Waals surface area contributed by atoms with E-state index in [9.17, 15) is 22.8 Å². The van der Waals surface area contributed by atoms with Gasteiger partial charge in [-0.05, 0) is 44.4 Å². The molecule has 5 nitrogen and oxygen atoms in total. The Bertz CT molecular complexity index is 557. The lowest BCUT2D eigenvalue weighted by molar-refractivity contribution is -0.158. The maximum Gasteiger partial charge on any atom is 0.416 e. The number of alkyl halides is 3. The van der Waals surface area contributed by atoms with Gasteiger partial charge in [-0.25, -0.2) is 0 Å². The van der Waals surface area contributed by atoms with E-state index in [0.29, 0.717) is 12.8 Å². The lowest BCUT2D eigenvalue weighted by Gasteiger charge is -2.12. The number of carbonyl (C=O) groups excluding carboxylic acids is 1. The molecule has 1 N–H and O–H groups in total. The third kappa shape index (κ3) is 6.47. The average molecular weight is 348 g/mol. The van der Waals surface area contributed by atoms with Crippen molar-refractivity contribution >= 4 is 11.9 Å². The van der Waals surface area contributed by atoms with Crippen molar-refractivity contribution in [3.63, 3.8) is 0 Å². The van der Waals surface area contributed by atoms with Crippen molar-refractivity contribution in [3.8, 4) is 5.75 Å². The lowest BCUT2D eigenvalue weighted by atomic mass is 10.0. The molecule has 0 aliphatic rings. The molecule has 1 unspecified atom stereocenters. The van der Waals surface area contributed by atoms with E-state index in [2.05, 4.69) is 4.74 Å². The fourth-order valence-electron chi connectivity index (χ4n) is 1.99. The highest BCUT2D eigenvalue weighted by Crippen LogP contribution is 2.31. The van der Waals surface area contributed by atoms with Gasteiger partial charge in [-0.2, -0.15) is 13.2 Å². The zero-order valence-corrected chi connectivity index (χ0v) is 13.1. The number of unbranched alkanes of at least 4 members (excludes halogenated alkanes) is 1. The summed E-state index contributed by atoms with van der Waals surface area (Å²) in [5.41, 5.74) is -0.798. The normalized spacial score (nSPS) is 12.5. The van der Waals surface area contributed by atoms with Crippen molar-refractivity contribution in [2.24, 2.45) is 5.92 Å². The Morgan fingerprint density at radius 2 is 1.96 bits per heavy atom. The molecule has 0 spiro atoms. The van der Waals surface area contributed by atoms with Crippen LogP contribution in [0.2, 0.25) is 0 Å². The summed E-state index contributed by atoms with van der Waals surface area (Å²) in [6.07, 6.45) is -3.58. The average Bonchev–Trinajstić information content (AvgIpc) is 2.50. The molecule has 0 saturated carbocycles. The molecule has 0 saturated heterocycles. The summed E-state index contributed by atoms with van der Waals surface area (Å²) in [7, 11) is 0. The summed E-state index contributed by atoms with van der Waals surface area (Å²) in [4.78, 5) is 22.5. The van der Waals surface area contributed by atoms with E-state index in [1.54, 1.807) is 6.92 Å². The number of carboxylic acids is 1. The van der Waals surface area contributed by atoms with Gasteiger partial charge in [0.2, 0.25) is 0 Å². The van der Waals surface area contributed by atoms with Crippen LogP contribution in [0, 0.1) is 5.92 Å². The van der Waals surface area contributed by atoms with E-state index in [-0.39, 0.29) is 25.4 Å². The minimum absolute atomic E-state index is 0.0834. The van der Waals surface area contributed by atoms with Crippen molar-refractivity contribution < 1.29 is 37.3 Å². The first-order valence-electron chi connectivity index (χ1n) is 7.45. The molecule has 1 aromatic carbocycles. The first-order valence-corrected chi connectivity index (χ1v) is 7.45. The summed E-state index contributed by atoms with van der Waals surface area (Å²) in [6.45, 7) is 1.80. The lowest BCUT2D eigenvalue weighted by Crippen LogP contribution is -2.26. The Hall–Kier alpha value is -2.25. The van der Waals surface area contributed by atoms with Crippen molar-refractivity contribution in [1.29, 1.82) is 0 Å². The highest BCUT2D eigenvalue weighted by atomic mass is 19.4. The molecular formula is C16H19F3O5. The molecular weight excluding hydrogens is 329 g/mol. The Labute approximate surface area is 137 Å². The smallest absolute Gasteiger partial charge is 0.416 e. The van der Waals surface area contributed by atoms with Crippen LogP contribution in [-0.4, -0.2) is 30.3 Å². The van der Waals surface area contributed by atoms with E-state index in [4.69, 9.17) is 9.84 Å². The van der Waals surface area contributed by atoms with E-state index >= 15 is 0 Å². The monoisotopic (exact) mass is 348 g/mol. The molecule has 1 rings (SSSR count). The van der Waals surface area contributed by atoms with E-state index in [1.807, 2.05) is 0 Å². The zero-order chi connectivity index (χ0) is 18.2. The van der Waals surface area contributed by atoms with Gasteiger partial charge >= 0.3 is 18.1 Å². The van der Waals surface area contributed by atoms with Crippen LogP contribution >= 0.6 is 0 Å². The van der Waals surface area contributed by atoms with E-state index < -0.39 is 29.6 Å². The van der Waals surface area contributed by atoms with Crippen molar-refractivity contribution in [3.05, 3.63) is 29.8 Å². The number of carboxylic acid groups (broad SMARTS) is 1. The third-order valence-corrected chi connectivity index (χ3v) is 3.19. The fourth-order valence-corrected chi connectivity index (χ4v) is 1.99. The minimum Gasteiger partial charge on any atom is -0.494 e. The number of esters is 1. The zero-order valence-electron chi connectivity index (χ0n) is 13.1. The molecule has 24 heavy (non-hydrogen) atoms. The van der Waals surface area contributed by atoms with Crippen LogP contribution in [-0.2, 0) is 20.5 Å². The van der Waals surface area contributed by atoms with Crippen molar-refractivity contribution in [1.82, 2.24) is 0 Å². The van der Waals surface area contributed by atoms with Crippen LogP contribution in [0.25, 0.3) is 0 Å². The minimum atomic E-state index is -4.44. The van der Waals surface area contributed by atoms with Gasteiger partial charge in [0.05, 0.1) is 18.8 Å². The topological polar surface area (TPSA) is 72.8 Å². The molecule has 134 valence electrons. The Kier molecular flexibility index (Phi) is 7.54. The van der Waals surface area contributed by atoms with Gasteiger partial charge < -0.3 is 14.6 Å². The molecule has 0 aliphatic carbocycles. The molecule has 0 fully saturated rings. The maximum atomic E-state index is 12.6. The molecule has 0 radical (unpaired) electrons. The van der Waals surface area contributed by atoms with Crippen LogP contribution in [0.5, 0.6) is 5.75 Å². The number of aliphatic carboxylic acids is 1. The van der Waals surface area contributed by atoms with E-state index in [0.717, 1.165) is 12.1 Å². The van der Waals surface area contributed by atoms with Crippen molar-refractivity contribution in [2.75, 3.05) is 13.2 Å². The Balaban J connectivity index is 2.40. The number of halogens is 3. The first kappa shape index (κ1) is 19.8. The van der Waals surface area contributed by atoms with Gasteiger partial charge in [-0.15, -0.1) is 0 Å². The highest BCUT2D eigenvalue weighted by molar-refractivity contribution is 5.93. The Morgan fingerprint density at radius 1 is 1.25 bits per heavy atom. The van der Waals surface area contributed by atoms with Gasteiger partial charge in [0, 0.05) is 0 Å². The van der Waals surface area contributed by atoms with Crippen molar-refractivity contribution in [2.45, 2.75) is 32.4 Å². The molecule has 0 aromatic heterocycles. The fraction of sp³-hybridized carbons (Fsp3) is 0.500. The molecule has 0 bridgehead atoms. The molecule has 8 heteroatoms. The predicted octanol–water partition coefficient (Wildman–Crippen LogP) is 3.52. The molecule has 0 heterocycles. The van der Waals surface area contributed by atoms with Gasteiger partial charge in [-0.1, -0.05) is 6.07 Å². The quantitative estimate of drug-likeness (QED) is 0.420. The van der Waals surface area contributed by atoms with Crippen LogP contribution in [0.15, 0.2) is 24.3 Å². The van der Waals surface area contributed by atoms with Gasteiger partial charge in [0.15, 0.2) is 5.92 Å². The van der Waals surface area contributed by atoms with Crippen LogP contribution in [0.1, 0.15) is 31.7 Å². The maximum absolute atomic E-state index is 12.6. The Morgan fingerprint density at radius 3 is 2.54 bits per heavy atom. The number of carbonyl (C=O) groups is 2. The SMILES string of the molecule is CCOC(=O)C(CCCCOc1cccc(C(F)(F)F)c1)C(=O)O. The molecule has 0 aliphatic heterocycles. The number of hydrogen-bond acceptors (Lipinski definition) is 4. The van der Waals surface area contributed by atoms with Gasteiger partial charge in [0.1, 0.15) is 5.75 Å². The molecule has 0 amide bonds. The van der Waals surface area contributed by atoms with Crippen LogP contribution in [0.3, 0.4) is 0 Å². The summed E-state index contributed by atoms with van der Waals surface area (Å²) in [5.74, 6) is -3.19. The number of benzene rings is 1. The first-order chi connectivity index (χ1) is 11.3. The standard InChI is InChI=1S/C16H19F3O5/c1-2-23-15(22)13(14(20)21)8-3-4-9-24-12-7-5-6-11(10-12)16(17,18)19/h5-7,10,13H,2-4,8-9H2,1H3,(H,20,21). The second kappa shape index (κ2) is 9.14. The molecule has 1 atom stereocenters. The number of ether oxygens (including phenoxy) is 2. The summed E-state index contributed by atoms with van der Waals surface area (Å²) in [6, 6.07) is 4.51. The summed E-state index contributed by atoms with van der Waals surface area (Å²) in [5, 5.41) is 8.97.